The van der Waals surface area contributed by atoms with Crippen molar-refractivity contribution >= 4 is 108 Å². The number of carbonyl (C=O) groups excluding carboxylic acids is 8. The average molecular weight is 849 g/mol. The van der Waals surface area contributed by atoms with Crippen LogP contribution in [0.1, 0.15) is 162 Å². The van der Waals surface area contributed by atoms with E-state index in [0.29, 0.717) is 107 Å². The van der Waals surface area contributed by atoms with Crippen molar-refractivity contribution in [2.75, 3.05) is 0 Å². The molecule has 2 saturated carbocycles. The molecule has 9 radical (unpaired) electrons. The second-order valence-electron chi connectivity index (χ2n) is 19.0. The molecule has 6 aliphatic rings. The summed E-state index contributed by atoms with van der Waals surface area (Å²) in [7, 11) is 27.7. The van der Waals surface area contributed by atoms with Gasteiger partial charge in [-0.05, 0) is 122 Å². The van der Waals surface area contributed by atoms with E-state index in [2.05, 4.69) is 0 Å². The third kappa shape index (κ3) is 6.22. The Kier molecular flexibility index (Phi) is 11.2. The van der Waals surface area contributed by atoms with E-state index in [-0.39, 0.29) is 68.8 Å². The first-order valence-corrected chi connectivity index (χ1v) is 22.1. The Morgan fingerprint density at radius 3 is 1.12 bits per heavy atom. The van der Waals surface area contributed by atoms with Crippen molar-refractivity contribution in [1.29, 1.82) is 0 Å². The van der Waals surface area contributed by atoms with E-state index in [1.165, 1.54) is 26.8 Å². The van der Waals surface area contributed by atoms with Gasteiger partial charge in [0, 0.05) is 86.2 Å². The monoisotopic (exact) mass is 849 g/mol. The van der Waals surface area contributed by atoms with E-state index in [1.807, 2.05) is 20.8 Å². The van der Waals surface area contributed by atoms with Crippen LogP contribution in [0.4, 0.5) is 0 Å². The molecular weight excluding hydrogens is 801 g/mol. The summed E-state index contributed by atoms with van der Waals surface area (Å²) in [5.74, 6) is -3.29. The van der Waals surface area contributed by atoms with Crippen molar-refractivity contribution in [3.05, 3.63) is 72.4 Å². The molecule has 2 aliphatic carbocycles. The highest BCUT2D eigenvalue weighted by atomic mass is 16.2. The van der Waals surface area contributed by atoms with Gasteiger partial charge in [-0.3, -0.25) is 58.0 Å². The van der Waals surface area contributed by atoms with E-state index in [1.54, 1.807) is 41.5 Å². The van der Waals surface area contributed by atoms with Crippen molar-refractivity contribution in [1.82, 2.24) is 19.6 Å². The Bertz CT molecular complexity index is 2610. The lowest BCUT2D eigenvalue weighted by atomic mass is 9.14. The molecule has 18 heteroatoms. The first kappa shape index (κ1) is 45.4. The van der Waals surface area contributed by atoms with Gasteiger partial charge in [0.15, 0.2) is 0 Å². The molecule has 0 unspecified atom stereocenters. The molecule has 64 heavy (non-hydrogen) atoms. The first-order chi connectivity index (χ1) is 30.0. The van der Waals surface area contributed by atoms with Gasteiger partial charge in [-0.15, -0.1) is 5.46 Å². The van der Waals surface area contributed by atoms with Crippen LogP contribution in [0.25, 0.3) is 0 Å². The maximum Gasteiger partial charge on any atom is 0.262 e. The lowest BCUT2D eigenvalue weighted by Crippen LogP contribution is -2.56. The molecule has 2 aromatic rings. The summed E-state index contributed by atoms with van der Waals surface area (Å²) < 4.78 is 0. The maximum atomic E-state index is 14.6. The van der Waals surface area contributed by atoms with E-state index in [4.69, 9.17) is 31.1 Å². The van der Waals surface area contributed by atoms with Gasteiger partial charge in [-0.25, -0.2) is 0 Å². The van der Waals surface area contributed by atoms with E-state index in [9.17, 15) is 38.4 Å². The number of hydrogen-bond acceptors (Lipinski definition) is 8. The van der Waals surface area contributed by atoms with Crippen LogP contribution in [0.3, 0.4) is 0 Å². The number of amides is 8. The Labute approximate surface area is 380 Å². The Morgan fingerprint density at radius 2 is 0.781 bits per heavy atom. The van der Waals surface area contributed by atoms with Gasteiger partial charge in [0.05, 0.1) is 24.8 Å². The van der Waals surface area contributed by atoms with Crippen molar-refractivity contribution in [2.24, 2.45) is 0 Å². The molecule has 8 amide bonds. The molecule has 0 atom stereocenters. The fraction of sp³-hybridized carbons (Fsp3) is 0.478. The van der Waals surface area contributed by atoms with Gasteiger partial charge < -0.3 is 0 Å². The fourth-order valence-electron chi connectivity index (χ4n) is 11.9. The number of fused-ring (bicyclic) bond motifs is 2. The molecule has 8 rings (SSSR count). The summed E-state index contributed by atoms with van der Waals surface area (Å²) in [6.45, 7) is 14.5. The van der Waals surface area contributed by atoms with Crippen LogP contribution in [0.2, 0.25) is 0 Å². The lowest BCUT2D eigenvalue weighted by molar-refractivity contribution is -0.142. The zero-order valence-electron chi connectivity index (χ0n) is 38.0. The van der Waals surface area contributed by atoms with Crippen molar-refractivity contribution < 1.29 is 38.4 Å². The topological polar surface area (TPSA) is 150 Å². The van der Waals surface area contributed by atoms with Gasteiger partial charge in [-0.2, -0.15) is 0 Å². The molecule has 2 aromatic carbocycles. The van der Waals surface area contributed by atoms with E-state index in [0.717, 1.165) is 0 Å². The second kappa shape index (κ2) is 15.8. The first-order valence-electron chi connectivity index (χ1n) is 22.1. The molecule has 0 N–H and O–H groups in total. The highest BCUT2D eigenvalue weighted by molar-refractivity contribution is 7.36. The fourth-order valence-corrected chi connectivity index (χ4v) is 11.9. The van der Waals surface area contributed by atoms with E-state index < -0.39 is 47.6 Å². The molecule has 2 fully saturated rings. The average Bonchev–Trinajstić information content (AvgIpc) is 3.82. The number of imide groups is 4. The van der Waals surface area contributed by atoms with Gasteiger partial charge >= 0.3 is 0 Å². The minimum atomic E-state index is -1.22. The van der Waals surface area contributed by atoms with Crippen LogP contribution < -0.4 is 16.4 Å². The number of benzene rings is 2. The van der Waals surface area contributed by atoms with Crippen LogP contribution in [-0.4, -0.2) is 136 Å². The quantitative estimate of drug-likeness (QED) is 0.286. The molecule has 4 heterocycles. The molecular formula is C46H47B6N4O8. The Balaban J connectivity index is 1.12. The number of hydrogen-bond donors (Lipinski definition) is 0. The van der Waals surface area contributed by atoms with Crippen LogP contribution in [-0.2, 0) is 24.6 Å². The predicted molar refractivity (Wildman–Crippen MR) is 246 cm³/mol. The Morgan fingerprint density at radius 1 is 0.469 bits per heavy atom. The van der Waals surface area contributed by atoms with E-state index >= 15 is 0 Å². The van der Waals surface area contributed by atoms with Crippen molar-refractivity contribution in [3.63, 3.8) is 0 Å². The summed E-state index contributed by atoms with van der Waals surface area (Å²) >= 11 is 0. The van der Waals surface area contributed by atoms with Crippen molar-refractivity contribution in [2.45, 2.75) is 143 Å². The SMILES string of the molecule is [B][B]c1c(B([B])[B])c(C(C)(C)c2c(C)c(C)c3c(c2C)C(=O)N(C2CCC(N4C(=O)C(C)=C(C)C4=O)CC2)C3=O)c([B])c2c1C(=O)N(C1CCC(N3C(=O)C(C)=C(C)C3=O)CC1)C2=O. The van der Waals surface area contributed by atoms with Crippen molar-refractivity contribution in [3.8, 4) is 0 Å². The number of nitrogens with zero attached hydrogens (tertiary/aromatic N) is 4. The van der Waals surface area contributed by atoms with Gasteiger partial charge in [0.2, 0.25) is 0 Å². The largest absolute Gasteiger partial charge is 0.272 e. The minimum absolute atomic E-state index is 0.00499. The summed E-state index contributed by atoms with van der Waals surface area (Å²) in [6.07, 6.45) is 3.22. The van der Waals surface area contributed by atoms with Gasteiger partial charge in [0.25, 0.3) is 47.3 Å². The molecule has 0 spiro atoms. The zero-order chi connectivity index (χ0) is 46.9. The Hall–Kier alpha value is -5.13. The lowest BCUT2D eigenvalue weighted by Gasteiger charge is -2.38. The van der Waals surface area contributed by atoms with Crippen LogP contribution in [0.5, 0.6) is 0 Å². The van der Waals surface area contributed by atoms with Crippen LogP contribution >= 0.6 is 0 Å². The normalized spacial score (nSPS) is 24.1. The molecule has 12 nitrogen and oxygen atoms in total. The minimum Gasteiger partial charge on any atom is -0.272 e. The highest BCUT2D eigenvalue weighted by Crippen LogP contribution is 2.44. The molecule has 0 bridgehead atoms. The number of rotatable bonds is 8. The third-order valence-corrected chi connectivity index (χ3v) is 15.5. The summed E-state index contributed by atoms with van der Waals surface area (Å²) in [6, 6.07) is -1.70. The molecule has 4 aliphatic heterocycles. The number of carbonyl (C=O) groups is 8. The summed E-state index contributed by atoms with van der Waals surface area (Å²) in [5, 5.41) is 0. The molecule has 0 aromatic heterocycles. The maximum absolute atomic E-state index is 14.6. The molecule has 317 valence electrons. The van der Waals surface area contributed by atoms with Gasteiger partial charge in [-0.1, -0.05) is 30.3 Å². The highest BCUT2D eigenvalue weighted by Gasteiger charge is 2.50. The second-order valence-corrected chi connectivity index (χ2v) is 19.0. The van der Waals surface area contributed by atoms with Crippen LogP contribution in [0, 0.1) is 20.8 Å². The molecule has 0 saturated heterocycles. The summed E-state index contributed by atoms with van der Waals surface area (Å²) in [4.78, 5) is 115. The predicted octanol–water partition coefficient (Wildman–Crippen LogP) is 1.40. The summed E-state index contributed by atoms with van der Waals surface area (Å²) in [5.41, 5.74) is 4.36. The zero-order valence-corrected chi connectivity index (χ0v) is 38.0. The standard InChI is InChI=1S/C46H47B6N4O8/c1-18-19(2)33(24(7)30-29(18)42(61)55(43(30)62)27-14-10-25(11-15-27)53-38(57)20(3)21(4)39(53)58)46(8,9)34-35(47)31-32(36(51-48)37(34)52(49)50)45(64)56(44(31)63)28-16-12-26(13-17-28)54-40(59)22(5)23(6)41(54)60/h25-28H,10-17H2,1-9H3. The van der Waals surface area contributed by atoms with Crippen LogP contribution in [0.15, 0.2) is 22.3 Å². The third-order valence-electron chi connectivity index (χ3n) is 15.5. The van der Waals surface area contributed by atoms with Gasteiger partial charge in [0.1, 0.15) is 7.85 Å². The smallest absolute Gasteiger partial charge is 0.262 e.